The Labute approximate surface area is 533 Å². The summed E-state index contributed by atoms with van der Waals surface area (Å²) in [5.74, 6) is 0. The average Bonchev–Trinajstić information content (AvgIpc) is 3.62. The molecule has 0 amide bonds. The summed E-state index contributed by atoms with van der Waals surface area (Å²) in [4.78, 5) is 0.158. The molecule has 89 heavy (non-hydrogen) atoms. The molecule has 0 aliphatic heterocycles. The third-order valence-corrected chi connectivity index (χ3v) is 13.4. The van der Waals surface area contributed by atoms with Crippen LogP contribution in [0.3, 0.4) is 0 Å². The number of aliphatic hydroxyl groups excluding tert-OH is 1. The number of aryl methyl sites for hydroxylation is 1. The molecule has 0 heterocycles. The second-order valence-electron chi connectivity index (χ2n) is 19.3. The van der Waals surface area contributed by atoms with Gasteiger partial charge in [-0.25, -0.2) is 0 Å². The van der Waals surface area contributed by atoms with Crippen LogP contribution in [0.5, 0.6) is 0 Å². The van der Waals surface area contributed by atoms with E-state index >= 15 is 0 Å². The smallest absolute Gasteiger partial charge is 0.297 e. The minimum absolute atomic E-state index is 0.0163. The minimum atomic E-state index is -3.83. The third kappa shape index (κ3) is 67.4. The van der Waals surface area contributed by atoms with Crippen LogP contribution in [-0.2, 0) is 125 Å². The summed E-state index contributed by atoms with van der Waals surface area (Å²) in [6, 6.07) is 6.98. The molecule has 0 atom stereocenters. The Morgan fingerprint density at radius 3 is 0.629 bits per heavy atom. The highest BCUT2D eigenvalue weighted by Crippen LogP contribution is 2.16. The van der Waals surface area contributed by atoms with Gasteiger partial charge in [0.05, 0.1) is 309 Å². The third-order valence-electron chi connectivity index (χ3n) is 12.0. The van der Waals surface area contributed by atoms with Crippen molar-refractivity contribution in [1.29, 1.82) is 0 Å². The van der Waals surface area contributed by atoms with Crippen LogP contribution in [0.15, 0.2) is 29.2 Å². The number of rotatable bonds is 79. The number of hydrogen-bond donors (Lipinski definition) is 1. The summed E-state index contributed by atoms with van der Waals surface area (Å²) in [6.45, 7) is 22.3. The molecule has 528 valence electrons. The molecular weight excluding hydrogens is 1190 g/mol. The number of aliphatic hydroxyl groups is 1. The van der Waals surface area contributed by atoms with Crippen LogP contribution < -0.4 is 0 Å². The second-order valence-corrected chi connectivity index (χ2v) is 21.0. The van der Waals surface area contributed by atoms with E-state index in [1.54, 1.807) is 12.1 Å². The first-order chi connectivity index (χ1) is 44.1. The van der Waals surface area contributed by atoms with Crippen molar-refractivity contribution >= 4 is 10.1 Å². The fourth-order valence-corrected chi connectivity index (χ4v) is 8.23. The van der Waals surface area contributed by atoms with E-state index in [-0.39, 0.29) is 24.7 Å². The van der Waals surface area contributed by atoms with Gasteiger partial charge in [-0.05, 0) is 30.5 Å². The molecule has 0 radical (unpaired) electrons. The van der Waals surface area contributed by atoms with Crippen LogP contribution in [0.2, 0.25) is 0 Å². The number of unbranched alkanes of at least 4 members (excludes halogenated alkanes) is 7. The van der Waals surface area contributed by atoms with Crippen LogP contribution in [0, 0.1) is 0 Å². The maximum atomic E-state index is 12.5. The van der Waals surface area contributed by atoms with Gasteiger partial charge in [0.25, 0.3) is 10.1 Å². The molecule has 0 saturated carbocycles. The van der Waals surface area contributed by atoms with E-state index in [2.05, 4.69) is 6.92 Å². The molecule has 0 aromatic heterocycles. The fraction of sp³-hybridized carbons (Fsp3) is 0.903. The largest absolute Gasteiger partial charge is 0.394 e. The molecular formula is C62H118O26S. The lowest BCUT2D eigenvalue weighted by Crippen LogP contribution is -2.16. The predicted molar refractivity (Wildman–Crippen MR) is 331 cm³/mol. The molecule has 1 aromatic rings. The summed E-state index contributed by atoms with van der Waals surface area (Å²) in [7, 11) is -3.83. The number of hydrogen-bond acceptors (Lipinski definition) is 26. The molecule has 0 aliphatic carbocycles. The van der Waals surface area contributed by atoms with Gasteiger partial charge in [0.2, 0.25) is 0 Å². The second kappa shape index (κ2) is 73.6. The Morgan fingerprint density at radius 2 is 0.427 bits per heavy atom. The van der Waals surface area contributed by atoms with Crippen LogP contribution in [0.1, 0.15) is 63.9 Å². The van der Waals surface area contributed by atoms with Crippen molar-refractivity contribution < 1.29 is 122 Å². The number of ether oxygens (including phenoxy) is 22. The van der Waals surface area contributed by atoms with Crippen molar-refractivity contribution in [2.75, 3.05) is 304 Å². The zero-order valence-electron chi connectivity index (χ0n) is 54.3. The van der Waals surface area contributed by atoms with Crippen molar-refractivity contribution in [2.24, 2.45) is 0 Å². The van der Waals surface area contributed by atoms with Gasteiger partial charge in [0.15, 0.2) is 0 Å². The lowest BCUT2D eigenvalue weighted by molar-refractivity contribution is -0.0318. The average molecular weight is 1310 g/mol. The molecule has 0 aliphatic rings. The summed E-state index contributed by atoms with van der Waals surface area (Å²) in [5, 5.41) is 8.62. The van der Waals surface area contributed by atoms with E-state index < -0.39 is 10.1 Å². The Hall–Kier alpha value is -1.79. The van der Waals surface area contributed by atoms with E-state index in [4.69, 9.17) is 114 Å². The minimum Gasteiger partial charge on any atom is -0.394 e. The van der Waals surface area contributed by atoms with Crippen LogP contribution in [0.4, 0.5) is 0 Å². The van der Waals surface area contributed by atoms with E-state index in [0.717, 1.165) is 18.4 Å². The topological polar surface area (TPSA) is 267 Å². The molecule has 0 unspecified atom stereocenters. The molecule has 1 rings (SSSR count). The van der Waals surface area contributed by atoms with Gasteiger partial charge in [-0.2, -0.15) is 8.42 Å². The molecule has 27 heteroatoms. The van der Waals surface area contributed by atoms with Crippen LogP contribution >= 0.6 is 0 Å². The van der Waals surface area contributed by atoms with Gasteiger partial charge < -0.3 is 109 Å². The molecule has 0 spiro atoms. The maximum absolute atomic E-state index is 12.5. The zero-order valence-corrected chi connectivity index (χ0v) is 55.1. The van der Waals surface area contributed by atoms with Crippen LogP contribution in [-0.4, -0.2) is 317 Å². The van der Waals surface area contributed by atoms with Crippen molar-refractivity contribution in [3.63, 3.8) is 0 Å². The molecule has 0 saturated heterocycles. The van der Waals surface area contributed by atoms with E-state index in [9.17, 15) is 8.42 Å². The molecule has 26 nitrogen and oxygen atoms in total. The summed E-state index contributed by atoms with van der Waals surface area (Å²) in [6.07, 6.45) is 11.1. The molecule has 0 bridgehead atoms. The first-order valence-corrected chi connectivity index (χ1v) is 33.8. The Bertz CT molecular complexity index is 1600. The highest BCUT2D eigenvalue weighted by molar-refractivity contribution is 7.86. The van der Waals surface area contributed by atoms with Gasteiger partial charge in [-0.15, -0.1) is 0 Å². The first-order valence-electron chi connectivity index (χ1n) is 32.4. The molecule has 1 aromatic carbocycles. The summed E-state index contributed by atoms with van der Waals surface area (Å²) < 4.78 is 151. The number of benzene rings is 1. The fourth-order valence-electron chi connectivity index (χ4n) is 7.34. The lowest BCUT2D eigenvalue weighted by atomic mass is 10.0. The van der Waals surface area contributed by atoms with Gasteiger partial charge in [-0.1, -0.05) is 64.0 Å². The van der Waals surface area contributed by atoms with Gasteiger partial charge >= 0.3 is 0 Å². The van der Waals surface area contributed by atoms with Gasteiger partial charge in [0.1, 0.15) is 0 Å². The van der Waals surface area contributed by atoms with Crippen molar-refractivity contribution in [1.82, 2.24) is 0 Å². The van der Waals surface area contributed by atoms with E-state index in [1.807, 2.05) is 12.1 Å². The first kappa shape index (κ1) is 85.2. The summed E-state index contributed by atoms with van der Waals surface area (Å²) >= 11 is 0. The quantitative estimate of drug-likeness (QED) is 0.0698. The van der Waals surface area contributed by atoms with E-state index in [0.29, 0.717) is 284 Å². The normalized spacial score (nSPS) is 11.9. The van der Waals surface area contributed by atoms with E-state index in [1.165, 1.54) is 44.9 Å². The van der Waals surface area contributed by atoms with Crippen molar-refractivity contribution in [2.45, 2.75) is 69.6 Å². The van der Waals surface area contributed by atoms with Gasteiger partial charge in [-0.3, -0.25) is 4.18 Å². The van der Waals surface area contributed by atoms with Crippen molar-refractivity contribution in [3.8, 4) is 0 Å². The van der Waals surface area contributed by atoms with Crippen LogP contribution in [0.25, 0.3) is 0 Å². The lowest BCUT2D eigenvalue weighted by Gasteiger charge is -2.09. The monoisotopic (exact) mass is 1310 g/mol. The standard InChI is InChI=1S/C62H118O26S/c1-2-3-4-5-6-7-8-9-10-61-11-13-62(14-12-61)89(64,65)88-60-59-87-58-57-86-56-55-85-54-53-84-52-51-83-50-49-82-48-47-81-46-45-80-44-43-79-42-41-78-40-39-77-38-37-76-36-35-75-34-33-74-32-31-73-30-29-72-28-27-71-26-25-70-24-23-69-22-21-68-20-19-67-18-17-66-16-15-63/h11-14,63H,2-10,15-60H2,1H3. The SMILES string of the molecule is CCCCCCCCCCc1ccc(S(=O)(=O)OCCOCCOCCOCCOCCOCCOCCOCCOCCOCCOCCOCCOCCOCCOCCOCCOCCOCCOCCOCCOCCOCCOCCO)cc1. The highest BCUT2D eigenvalue weighted by atomic mass is 32.2. The molecule has 1 N–H and O–H groups in total. The zero-order chi connectivity index (χ0) is 63.6. The Kier molecular flexibility index (Phi) is 70.5. The predicted octanol–water partition coefficient (Wildman–Crippen LogP) is 4.43. The Balaban J connectivity index is 1.64. The highest BCUT2D eigenvalue weighted by Gasteiger charge is 2.15. The van der Waals surface area contributed by atoms with Crippen molar-refractivity contribution in [3.05, 3.63) is 29.8 Å². The maximum Gasteiger partial charge on any atom is 0.297 e. The Morgan fingerprint density at radius 1 is 0.247 bits per heavy atom. The van der Waals surface area contributed by atoms with Gasteiger partial charge in [0, 0.05) is 0 Å². The summed E-state index contributed by atoms with van der Waals surface area (Å²) in [5.41, 5.74) is 1.14. The molecule has 0 fully saturated rings.